The second-order valence-corrected chi connectivity index (χ2v) is 19.5. The van der Waals surface area contributed by atoms with Gasteiger partial charge in [-0.15, -0.1) is 0 Å². The number of ether oxygens (including phenoxy) is 4. The number of aromatic hydroxyl groups is 1. The Balaban J connectivity index is 1.44. The lowest BCUT2D eigenvalue weighted by molar-refractivity contribution is -0.160. The summed E-state index contributed by atoms with van der Waals surface area (Å²) in [5.41, 5.74) is -1.33. The Bertz CT molecular complexity index is 2920. The SMILES string of the molecule is CO[C@H]1/C=C\O[C@@]2(C)Oc3c(C)c(O)c4c(=O)c(c5oc6cc(N7CCN(CCC(C)C)CC7)cc(=O)c6nc5c4c3=C2O)NC(=O)/C(C)=C/C=C/[C@H](C)[C@H](O)[C@@H](C)[C@@H](O)[C@@H](C)[C@H](OC(C)=O)[C@@H]1C. The highest BCUT2D eigenvalue weighted by Gasteiger charge is 2.44. The number of rotatable bonds is 6. The number of aliphatic hydroxyl groups is 3. The maximum absolute atomic E-state index is 14.9. The number of hydrogen-bond donors (Lipinski definition) is 5. The quantitative estimate of drug-likeness (QED) is 0.0883. The van der Waals surface area contributed by atoms with Crippen molar-refractivity contribution in [3.63, 3.8) is 0 Å². The third kappa shape index (κ3) is 9.79. The zero-order valence-electron chi connectivity index (χ0n) is 41.3. The molecule has 9 atom stereocenters. The molecule has 0 aliphatic carbocycles. The minimum Gasteiger partial charge on any atom is -0.507 e. The van der Waals surface area contributed by atoms with Gasteiger partial charge in [0.25, 0.3) is 5.91 Å². The Morgan fingerprint density at radius 1 is 0.957 bits per heavy atom. The molecule has 1 fully saturated rings. The van der Waals surface area contributed by atoms with Crippen LogP contribution in [-0.4, -0.2) is 112 Å². The van der Waals surface area contributed by atoms with E-state index in [9.17, 15) is 39.6 Å². The Morgan fingerprint density at radius 3 is 2.30 bits per heavy atom. The fourth-order valence-electron chi connectivity index (χ4n) is 9.73. The first-order chi connectivity index (χ1) is 32.6. The molecule has 0 saturated carbocycles. The van der Waals surface area contributed by atoms with Crippen LogP contribution in [0.4, 0.5) is 11.4 Å². The number of carbonyl (C=O) groups excluding carboxylic acids is 2. The topological polar surface area (TPSA) is 231 Å². The van der Waals surface area contributed by atoms with Crippen molar-refractivity contribution < 1.29 is 53.4 Å². The molecule has 7 rings (SSSR count). The molecule has 0 spiro atoms. The van der Waals surface area contributed by atoms with Gasteiger partial charge in [-0.3, -0.25) is 24.1 Å². The second kappa shape index (κ2) is 20.1. The van der Waals surface area contributed by atoms with Crippen LogP contribution in [-0.2, 0) is 23.8 Å². The fourth-order valence-corrected chi connectivity index (χ4v) is 9.73. The highest BCUT2D eigenvalue weighted by molar-refractivity contribution is 6.16. The number of phenols is 1. The van der Waals surface area contributed by atoms with Crippen molar-refractivity contribution in [2.24, 2.45) is 29.6 Å². The number of phenolic OH excluding ortho intramolecular Hbond substituents is 1. The molecule has 4 aromatic rings. The zero-order chi connectivity index (χ0) is 50.4. The van der Waals surface area contributed by atoms with E-state index in [1.807, 2.05) is 0 Å². The normalized spacial score (nSPS) is 29.2. The Kier molecular flexibility index (Phi) is 14.8. The van der Waals surface area contributed by atoms with Gasteiger partial charge in [-0.1, -0.05) is 59.8 Å². The van der Waals surface area contributed by atoms with Crippen LogP contribution in [0.1, 0.15) is 74.3 Å². The van der Waals surface area contributed by atoms with Crippen LogP contribution in [0.2, 0.25) is 0 Å². The van der Waals surface area contributed by atoms with Crippen molar-refractivity contribution in [2.75, 3.05) is 50.1 Å². The van der Waals surface area contributed by atoms with Crippen molar-refractivity contribution in [1.82, 2.24) is 9.88 Å². The predicted molar refractivity (Wildman–Crippen MR) is 263 cm³/mol. The highest BCUT2D eigenvalue weighted by atomic mass is 16.7. The van der Waals surface area contributed by atoms with Crippen LogP contribution in [0.3, 0.4) is 0 Å². The number of allylic oxidation sites excluding steroid dienone is 2. The van der Waals surface area contributed by atoms with Gasteiger partial charge < -0.3 is 54.0 Å². The Labute approximate surface area is 400 Å². The number of nitrogens with one attached hydrogen (secondary N) is 1. The maximum atomic E-state index is 14.9. The highest BCUT2D eigenvalue weighted by Crippen LogP contribution is 2.42. The fraction of sp³-hybridized carbons (Fsp3) is 0.519. The third-order valence-corrected chi connectivity index (χ3v) is 14.2. The van der Waals surface area contributed by atoms with E-state index in [1.165, 1.54) is 59.3 Å². The van der Waals surface area contributed by atoms with E-state index in [0.717, 1.165) is 26.1 Å². The van der Waals surface area contributed by atoms with Crippen LogP contribution in [0.5, 0.6) is 11.5 Å². The van der Waals surface area contributed by atoms with Crippen molar-refractivity contribution >= 4 is 62.0 Å². The van der Waals surface area contributed by atoms with E-state index in [1.54, 1.807) is 45.9 Å². The minimum atomic E-state index is -1.98. The smallest absolute Gasteiger partial charge is 0.307 e. The second-order valence-electron chi connectivity index (χ2n) is 19.5. The van der Waals surface area contributed by atoms with Gasteiger partial charge in [-0.25, -0.2) is 4.98 Å². The van der Waals surface area contributed by atoms with Crippen LogP contribution in [0, 0.1) is 36.5 Å². The van der Waals surface area contributed by atoms with Crippen LogP contribution in [0.25, 0.3) is 38.7 Å². The molecule has 4 bridgehead atoms. The van der Waals surface area contributed by atoms with Crippen molar-refractivity contribution in [3.8, 4) is 11.5 Å². The molecular weight excluding hydrogens is 889 g/mol. The molecule has 69 heavy (non-hydrogen) atoms. The lowest BCUT2D eigenvalue weighted by Gasteiger charge is -2.38. The number of esters is 1. The van der Waals surface area contributed by atoms with Gasteiger partial charge >= 0.3 is 11.8 Å². The third-order valence-electron chi connectivity index (χ3n) is 14.2. The van der Waals surface area contributed by atoms with E-state index < -0.39 is 88.1 Å². The van der Waals surface area contributed by atoms with Gasteiger partial charge in [0.15, 0.2) is 22.4 Å². The van der Waals surface area contributed by atoms with Crippen LogP contribution >= 0.6 is 0 Å². The summed E-state index contributed by atoms with van der Waals surface area (Å²) in [5.74, 6) is -6.35. The molecule has 17 heteroatoms. The molecule has 3 aromatic carbocycles. The monoisotopic (exact) mass is 954 g/mol. The number of hydrogen-bond acceptors (Lipinski definition) is 16. The lowest BCUT2D eigenvalue weighted by Crippen LogP contribution is -2.47. The number of aliphatic hydroxyl groups excluding tert-OH is 3. The summed E-state index contributed by atoms with van der Waals surface area (Å²) in [6, 6.07) is 3.17. The molecule has 1 saturated heterocycles. The summed E-state index contributed by atoms with van der Waals surface area (Å²) >= 11 is 0. The molecule has 17 nitrogen and oxygen atoms in total. The van der Waals surface area contributed by atoms with Crippen molar-refractivity contribution in [3.05, 3.63) is 79.5 Å². The number of aromatic nitrogens is 1. The Hall–Kier alpha value is -6.01. The summed E-state index contributed by atoms with van der Waals surface area (Å²) in [4.78, 5) is 64.8. The average Bonchev–Trinajstić information content (AvgIpc) is 3.58. The molecule has 0 radical (unpaired) electrons. The molecular formula is C52H66N4O13. The van der Waals surface area contributed by atoms with E-state index >= 15 is 0 Å². The van der Waals surface area contributed by atoms with Gasteiger partial charge in [0.05, 0.1) is 35.2 Å². The van der Waals surface area contributed by atoms with Gasteiger partial charge in [-0.2, -0.15) is 0 Å². The predicted octanol–water partition coefficient (Wildman–Crippen LogP) is 5.73. The maximum Gasteiger partial charge on any atom is 0.307 e. The number of amides is 1. The average molecular weight is 955 g/mol. The van der Waals surface area contributed by atoms with E-state index in [4.69, 9.17) is 28.3 Å². The van der Waals surface area contributed by atoms with E-state index in [2.05, 4.69) is 29.0 Å². The summed E-state index contributed by atoms with van der Waals surface area (Å²) in [5, 5.41) is 49.4. The summed E-state index contributed by atoms with van der Waals surface area (Å²) in [7, 11) is 1.45. The lowest BCUT2D eigenvalue weighted by atomic mass is 9.78. The first kappa shape index (κ1) is 50.9. The molecule has 1 aromatic heterocycles. The first-order valence-electron chi connectivity index (χ1n) is 23.7. The zero-order valence-corrected chi connectivity index (χ0v) is 41.3. The number of nitrogens with zero attached hydrogens (tertiary/aromatic N) is 3. The molecule has 4 heterocycles. The van der Waals surface area contributed by atoms with Crippen LogP contribution in [0.15, 0.2) is 62.3 Å². The van der Waals surface area contributed by atoms with Gasteiger partial charge in [0, 0.05) is 105 Å². The van der Waals surface area contributed by atoms with Crippen molar-refractivity contribution in [1.29, 1.82) is 0 Å². The standard InChI is InChI=1S/C52H66N4O13/c1-25(2)15-17-55-18-20-56(21-19-55)33-23-34(58)40-36(24-33)68-49-41(53-40)37-38-45(61)31(8)48-39(37)50(63)52(10,69-48)66-22-16-35(65-11)28(5)47(67-32(9)57)30(7)44(60)29(6)43(59)26(3)13-12-14-27(4)51(64)54-42(49)46(38)62/h12-14,16,22-26,28-30,35,43-44,47,59-61,63H,15,17-21H2,1-11H3,(H,54,64)/b13-12+,22-16-,27-14+/t26-,28+,29+,30+,35-,43-,44+,47+,52-/m0/s1. The molecule has 372 valence electrons. The van der Waals surface area contributed by atoms with E-state index in [-0.39, 0.29) is 60.8 Å². The Morgan fingerprint density at radius 2 is 1.65 bits per heavy atom. The molecule has 5 N–H and O–H groups in total. The van der Waals surface area contributed by atoms with Crippen molar-refractivity contribution in [2.45, 2.75) is 106 Å². The largest absolute Gasteiger partial charge is 0.507 e. The van der Waals surface area contributed by atoms with Gasteiger partial charge in [-0.05, 0) is 38.8 Å². The number of benzene rings is 3. The number of carbonyl (C=O) groups is 2. The number of methoxy groups -OCH3 is 1. The molecule has 3 aliphatic heterocycles. The van der Waals surface area contributed by atoms with Gasteiger partial charge in [0.2, 0.25) is 10.9 Å². The first-order valence-corrected chi connectivity index (χ1v) is 23.7. The van der Waals surface area contributed by atoms with E-state index in [0.29, 0.717) is 24.7 Å². The molecule has 0 unspecified atom stereocenters. The summed E-state index contributed by atoms with van der Waals surface area (Å²) < 4.78 is 30.6. The molecule has 1 amide bonds. The summed E-state index contributed by atoms with van der Waals surface area (Å²) in [6.45, 7) is 20.9. The van der Waals surface area contributed by atoms with Gasteiger partial charge in [0.1, 0.15) is 28.8 Å². The number of anilines is 2. The molecule has 3 aliphatic rings. The van der Waals surface area contributed by atoms with Crippen LogP contribution < -0.4 is 31.0 Å². The number of fused-ring (bicyclic) bond motifs is 2. The number of piperazine rings is 1. The minimum absolute atomic E-state index is 0.0414. The summed E-state index contributed by atoms with van der Waals surface area (Å²) in [6.07, 6.45) is 4.65.